The lowest BCUT2D eigenvalue weighted by molar-refractivity contribution is -0.123. The second kappa shape index (κ2) is 3.95. The molecule has 1 aromatic carbocycles. The summed E-state index contributed by atoms with van der Waals surface area (Å²) in [5.41, 5.74) is 1.77. The highest BCUT2D eigenvalue weighted by molar-refractivity contribution is 6.17. The van der Waals surface area contributed by atoms with Crippen LogP contribution in [0.4, 0.5) is 10.5 Å². The average molecular weight is 268 g/mol. The molecule has 102 valence electrons. The smallest absolute Gasteiger partial charge is 0.329 e. The molecule has 1 saturated carbocycles. The number of fused-ring (bicyclic) bond motifs is 5. The van der Waals surface area contributed by atoms with Gasteiger partial charge in [0, 0.05) is 6.04 Å². The maximum atomic E-state index is 12.7. The van der Waals surface area contributed by atoms with Crippen molar-refractivity contribution in [3.8, 4) is 0 Å². The van der Waals surface area contributed by atoms with E-state index < -0.39 is 0 Å². The molecular formula is C16H16N2O2. The fourth-order valence-electron chi connectivity index (χ4n) is 3.75. The minimum absolute atomic E-state index is 0.00769. The van der Waals surface area contributed by atoms with Crippen molar-refractivity contribution >= 4 is 17.6 Å². The minimum atomic E-state index is -0.291. The highest BCUT2D eigenvalue weighted by atomic mass is 16.2. The first-order chi connectivity index (χ1) is 9.65. The van der Waals surface area contributed by atoms with Crippen molar-refractivity contribution in [3.63, 3.8) is 0 Å². The van der Waals surface area contributed by atoms with Gasteiger partial charge >= 0.3 is 6.03 Å². The molecule has 1 N–H and O–H groups in total. The molecule has 0 unspecified atom stereocenters. The number of allylic oxidation sites excluding steroid dienone is 1. The largest absolute Gasteiger partial charge is 0.333 e. The van der Waals surface area contributed by atoms with Crippen molar-refractivity contribution in [3.05, 3.63) is 42.0 Å². The molecule has 1 heterocycles. The summed E-state index contributed by atoms with van der Waals surface area (Å²) < 4.78 is 0. The zero-order valence-corrected chi connectivity index (χ0v) is 11.2. The number of rotatable bonds is 1. The van der Waals surface area contributed by atoms with E-state index in [1.807, 2.05) is 31.2 Å². The van der Waals surface area contributed by atoms with Gasteiger partial charge in [0.1, 0.15) is 0 Å². The molecule has 0 spiro atoms. The van der Waals surface area contributed by atoms with Gasteiger partial charge in [-0.1, -0.05) is 29.8 Å². The van der Waals surface area contributed by atoms with Gasteiger partial charge in [-0.05, 0) is 37.3 Å². The SMILES string of the molecule is Cc1ccc(N2C(=O)N[C@@H]3[C@H](C2=O)[C@H]2C=C[C@@H]3C2)cc1. The summed E-state index contributed by atoms with van der Waals surface area (Å²) in [6, 6.07) is 7.20. The number of carbonyl (C=O) groups is 2. The van der Waals surface area contributed by atoms with Gasteiger partial charge in [-0.2, -0.15) is 0 Å². The van der Waals surface area contributed by atoms with Crippen LogP contribution < -0.4 is 10.2 Å². The second-order valence-corrected chi connectivity index (χ2v) is 5.96. The van der Waals surface area contributed by atoms with Gasteiger partial charge in [-0.3, -0.25) is 4.79 Å². The monoisotopic (exact) mass is 268 g/mol. The Morgan fingerprint density at radius 2 is 1.80 bits per heavy atom. The molecule has 2 bridgehead atoms. The lowest BCUT2D eigenvalue weighted by Crippen LogP contribution is -2.61. The van der Waals surface area contributed by atoms with Crippen LogP contribution >= 0.6 is 0 Å². The number of nitrogens with zero attached hydrogens (tertiary/aromatic N) is 1. The molecule has 1 saturated heterocycles. The fourth-order valence-corrected chi connectivity index (χ4v) is 3.75. The van der Waals surface area contributed by atoms with E-state index in [4.69, 9.17) is 0 Å². The van der Waals surface area contributed by atoms with Gasteiger partial charge in [0.05, 0.1) is 11.6 Å². The molecule has 4 heteroatoms. The van der Waals surface area contributed by atoms with Crippen molar-refractivity contribution in [2.75, 3.05) is 4.90 Å². The number of amides is 3. The highest BCUT2D eigenvalue weighted by Crippen LogP contribution is 2.46. The number of nitrogens with one attached hydrogen (secondary N) is 1. The molecule has 4 atom stereocenters. The van der Waals surface area contributed by atoms with Crippen molar-refractivity contribution < 1.29 is 9.59 Å². The third-order valence-electron chi connectivity index (χ3n) is 4.75. The van der Waals surface area contributed by atoms with E-state index >= 15 is 0 Å². The number of benzene rings is 1. The summed E-state index contributed by atoms with van der Waals surface area (Å²) in [7, 11) is 0. The van der Waals surface area contributed by atoms with Crippen LogP contribution in [0.1, 0.15) is 12.0 Å². The van der Waals surface area contributed by atoms with E-state index in [9.17, 15) is 9.59 Å². The lowest BCUT2D eigenvalue weighted by Gasteiger charge is -2.38. The normalized spacial score (nSPS) is 34.4. The summed E-state index contributed by atoms with van der Waals surface area (Å²) >= 11 is 0. The third kappa shape index (κ3) is 1.48. The molecule has 4 rings (SSSR count). The van der Waals surface area contributed by atoms with E-state index in [0.717, 1.165) is 12.0 Å². The Bertz CT molecular complexity index is 620. The Balaban J connectivity index is 1.71. The first-order valence-electron chi connectivity index (χ1n) is 7.04. The van der Waals surface area contributed by atoms with Crippen LogP contribution in [0.15, 0.2) is 36.4 Å². The van der Waals surface area contributed by atoms with Gasteiger partial charge < -0.3 is 5.32 Å². The van der Waals surface area contributed by atoms with Crippen LogP contribution in [0, 0.1) is 24.7 Å². The number of hydrogen-bond acceptors (Lipinski definition) is 2. The van der Waals surface area contributed by atoms with Crippen LogP contribution in [-0.4, -0.2) is 18.0 Å². The Kier molecular flexibility index (Phi) is 2.31. The third-order valence-corrected chi connectivity index (χ3v) is 4.75. The van der Waals surface area contributed by atoms with Gasteiger partial charge in [-0.25, -0.2) is 9.69 Å². The molecule has 0 aromatic heterocycles. The summed E-state index contributed by atoms with van der Waals surface area (Å²) in [5, 5.41) is 3.02. The van der Waals surface area contributed by atoms with Crippen molar-refractivity contribution in [1.82, 2.24) is 5.32 Å². The van der Waals surface area contributed by atoms with E-state index in [1.165, 1.54) is 4.90 Å². The molecule has 2 aliphatic carbocycles. The Labute approximate surface area is 117 Å². The van der Waals surface area contributed by atoms with Crippen LogP contribution in [0.3, 0.4) is 0 Å². The number of carbonyl (C=O) groups excluding carboxylic acids is 2. The molecule has 3 aliphatic rings. The van der Waals surface area contributed by atoms with E-state index in [1.54, 1.807) is 0 Å². The molecule has 20 heavy (non-hydrogen) atoms. The van der Waals surface area contributed by atoms with Crippen LogP contribution in [0.2, 0.25) is 0 Å². The second-order valence-electron chi connectivity index (χ2n) is 5.96. The zero-order valence-electron chi connectivity index (χ0n) is 11.2. The molecule has 0 radical (unpaired) electrons. The maximum absolute atomic E-state index is 12.7. The first kappa shape index (κ1) is 11.7. The Morgan fingerprint density at radius 3 is 2.55 bits per heavy atom. The van der Waals surface area contributed by atoms with Gasteiger partial charge in [-0.15, -0.1) is 0 Å². The topological polar surface area (TPSA) is 49.4 Å². The zero-order chi connectivity index (χ0) is 13.9. The Morgan fingerprint density at radius 1 is 1.10 bits per heavy atom. The van der Waals surface area contributed by atoms with Gasteiger partial charge in [0.2, 0.25) is 5.91 Å². The molecule has 2 fully saturated rings. The quantitative estimate of drug-likeness (QED) is 0.794. The maximum Gasteiger partial charge on any atom is 0.329 e. The minimum Gasteiger partial charge on any atom is -0.333 e. The van der Waals surface area contributed by atoms with Crippen LogP contribution in [0.5, 0.6) is 0 Å². The highest BCUT2D eigenvalue weighted by Gasteiger charge is 2.54. The number of aryl methyl sites for hydroxylation is 1. The number of imide groups is 1. The molecule has 3 amide bonds. The summed E-state index contributed by atoms with van der Waals surface area (Å²) in [5.74, 6) is 0.465. The van der Waals surface area contributed by atoms with E-state index in [-0.39, 0.29) is 29.8 Å². The number of urea groups is 1. The number of hydrogen-bond donors (Lipinski definition) is 1. The molecule has 4 nitrogen and oxygen atoms in total. The number of anilines is 1. The van der Waals surface area contributed by atoms with Gasteiger partial charge in [0.15, 0.2) is 0 Å². The fraction of sp³-hybridized carbons (Fsp3) is 0.375. The lowest BCUT2D eigenvalue weighted by atomic mass is 9.86. The van der Waals surface area contributed by atoms with Crippen LogP contribution in [0.25, 0.3) is 0 Å². The van der Waals surface area contributed by atoms with Crippen molar-refractivity contribution in [1.29, 1.82) is 0 Å². The standard InChI is InChI=1S/C16H16N2O2/c1-9-2-6-12(7-3-9)18-15(19)13-10-4-5-11(8-10)14(13)17-16(18)20/h2-7,10-11,13-14H,8H2,1H3,(H,17,20)/t10-,11+,13+,14-/m0/s1. The summed E-state index contributed by atoms with van der Waals surface area (Å²) in [4.78, 5) is 26.3. The van der Waals surface area contributed by atoms with E-state index in [0.29, 0.717) is 11.6 Å². The van der Waals surface area contributed by atoms with Crippen LogP contribution in [-0.2, 0) is 4.79 Å². The average Bonchev–Trinajstić information content (AvgIpc) is 3.02. The summed E-state index contributed by atoms with van der Waals surface area (Å²) in [6.07, 6.45) is 5.26. The van der Waals surface area contributed by atoms with Crippen molar-refractivity contribution in [2.24, 2.45) is 17.8 Å². The van der Waals surface area contributed by atoms with Gasteiger partial charge in [0.25, 0.3) is 0 Å². The van der Waals surface area contributed by atoms with E-state index in [2.05, 4.69) is 17.5 Å². The molecule has 1 aliphatic heterocycles. The Hall–Kier alpha value is -2.10. The predicted molar refractivity (Wildman–Crippen MR) is 75.2 cm³/mol. The summed E-state index contributed by atoms with van der Waals surface area (Å²) in [6.45, 7) is 1.98. The predicted octanol–water partition coefficient (Wildman–Crippen LogP) is 2.24. The van der Waals surface area contributed by atoms with Crippen molar-refractivity contribution in [2.45, 2.75) is 19.4 Å². The molecular weight excluding hydrogens is 252 g/mol. The molecule has 1 aromatic rings. The first-order valence-corrected chi connectivity index (χ1v) is 7.04.